The van der Waals surface area contributed by atoms with E-state index in [0.29, 0.717) is 18.1 Å². The Morgan fingerprint density at radius 2 is 2.22 bits per heavy atom. The number of aliphatic hydroxyl groups is 1. The molecule has 0 bridgehead atoms. The highest BCUT2D eigenvalue weighted by molar-refractivity contribution is 5.87. The highest BCUT2D eigenvalue weighted by Crippen LogP contribution is 2.32. The van der Waals surface area contributed by atoms with E-state index in [0.717, 1.165) is 18.4 Å². The minimum atomic E-state index is -0.268. The molecule has 0 aliphatic carbocycles. The van der Waals surface area contributed by atoms with Gasteiger partial charge in [0.2, 0.25) is 0 Å². The van der Waals surface area contributed by atoms with Crippen LogP contribution in [0, 0.1) is 0 Å². The third-order valence-corrected chi connectivity index (χ3v) is 4.03. The number of carbonyl (C=O) groups is 1. The molecule has 1 saturated heterocycles. The monoisotopic (exact) mass is 373 g/mol. The van der Waals surface area contributed by atoms with Gasteiger partial charge in [0.25, 0.3) is 0 Å². The van der Waals surface area contributed by atoms with E-state index in [1.165, 1.54) is 19.3 Å². The molecule has 0 spiro atoms. The van der Waals surface area contributed by atoms with Crippen molar-refractivity contribution in [2.75, 3.05) is 25.6 Å². The molecule has 0 unspecified atom stereocenters. The summed E-state index contributed by atoms with van der Waals surface area (Å²) in [5.41, 5.74) is 0.768. The topological polar surface area (TPSA) is 91.2 Å². The summed E-state index contributed by atoms with van der Waals surface area (Å²) in [7, 11) is 3.75. The number of ether oxygens (including phenoxy) is 1. The fourth-order valence-electron chi connectivity index (χ4n) is 2.79. The predicted octanol–water partition coefficient (Wildman–Crippen LogP) is 1.83. The van der Waals surface area contributed by atoms with Crippen LogP contribution in [-0.4, -0.2) is 65.1 Å². The van der Waals surface area contributed by atoms with Crippen LogP contribution in [0.2, 0.25) is 0 Å². The Morgan fingerprint density at radius 1 is 1.44 bits per heavy atom. The molecular formula is C19H27N5O3. The van der Waals surface area contributed by atoms with Gasteiger partial charge in [-0.15, -0.1) is 0 Å². The summed E-state index contributed by atoms with van der Waals surface area (Å²) in [6.07, 6.45) is 9.56. The summed E-state index contributed by atoms with van der Waals surface area (Å²) in [5, 5.41) is 9.34. The van der Waals surface area contributed by atoms with Crippen molar-refractivity contribution in [1.82, 2.24) is 14.9 Å². The molecule has 146 valence electrons. The lowest BCUT2D eigenvalue weighted by Crippen LogP contribution is -2.32. The van der Waals surface area contributed by atoms with Crippen LogP contribution in [0.1, 0.15) is 25.3 Å². The van der Waals surface area contributed by atoms with Crippen molar-refractivity contribution in [2.24, 2.45) is 4.99 Å². The standard InChI is InChI=1S/C19H27N5O3/c1-5-24(17-10-9-15(11-25)27-17)19-16(8-6-7-14(2)26)18(20-12-21-19)22-13-23(3)4/h5-7,12-13,15,17,25H,1,8-11H2,2-4H3/b7-6+,22-13?/t15-,17+/m0/s1. The van der Waals surface area contributed by atoms with Crippen molar-refractivity contribution in [1.29, 1.82) is 0 Å². The lowest BCUT2D eigenvalue weighted by atomic mass is 10.1. The summed E-state index contributed by atoms with van der Waals surface area (Å²) in [6.45, 7) is 5.38. The van der Waals surface area contributed by atoms with Crippen LogP contribution in [-0.2, 0) is 16.0 Å². The lowest BCUT2D eigenvalue weighted by Gasteiger charge is -2.28. The van der Waals surface area contributed by atoms with Crippen LogP contribution >= 0.6 is 0 Å². The summed E-state index contributed by atoms with van der Waals surface area (Å²) < 4.78 is 5.88. The second-order valence-electron chi connectivity index (χ2n) is 6.49. The Balaban J connectivity index is 2.41. The van der Waals surface area contributed by atoms with Crippen LogP contribution in [0.3, 0.4) is 0 Å². The molecule has 0 saturated carbocycles. The second kappa shape index (κ2) is 9.94. The third-order valence-electron chi connectivity index (χ3n) is 4.03. The highest BCUT2D eigenvalue weighted by Gasteiger charge is 2.30. The number of hydrogen-bond acceptors (Lipinski definition) is 7. The van der Waals surface area contributed by atoms with Crippen molar-refractivity contribution in [3.05, 3.63) is 36.8 Å². The Kier molecular flexibility index (Phi) is 7.63. The predicted molar refractivity (Wildman–Crippen MR) is 105 cm³/mol. The molecule has 1 aromatic heterocycles. The van der Waals surface area contributed by atoms with Crippen LogP contribution in [0.15, 0.2) is 36.3 Å². The van der Waals surface area contributed by atoms with Crippen LogP contribution < -0.4 is 4.90 Å². The Bertz CT molecular complexity index is 717. The fraction of sp³-hybridized carbons (Fsp3) is 0.474. The number of nitrogens with zero attached hydrogens (tertiary/aromatic N) is 5. The molecule has 0 aromatic carbocycles. The minimum Gasteiger partial charge on any atom is -0.394 e. The van der Waals surface area contributed by atoms with Gasteiger partial charge in [-0.3, -0.25) is 4.79 Å². The Labute approximate surface area is 159 Å². The minimum absolute atomic E-state index is 0.0160. The van der Waals surface area contributed by atoms with Crippen LogP contribution in [0.25, 0.3) is 0 Å². The van der Waals surface area contributed by atoms with Gasteiger partial charge in [-0.05, 0) is 32.3 Å². The summed E-state index contributed by atoms with van der Waals surface area (Å²) in [4.78, 5) is 28.1. The van der Waals surface area contributed by atoms with E-state index in [1.54, 1.807) is 18.6 Å². The van der Waals surface area contributed by atoms with Gasteiger partial charge >= 0.3 is 0 Å². The number of rotatable bonds is 9. The first kappa shape index (κ1) is 20.7. The summed E-state index contributed by atoms with van der Waals surface area (Å²) >= 11 is 0. The van der Waals surface area contributed by atoms with Crippen molar-refractivity contribution < 1.29 is 14.6 Å². The van der Waals surface area contributed by atoms with Gasteiger partial charge in [0.05, 0.1) is 19.0 Å². The van der Waals surface area contributed by atoms with Crippen molar-refractivity contribution >= 4 is 23.8 Å². The maximum Gasteiger partial charge on any atom is 0.162 e. The van der Waals surface area contributed by atoms with E-state index in [-0.39, 0.29) is 24.7 Å². The van der Waals surface area contributed by atoms with Gasteiger partial charge in [-0.25, -0.2) is 15.0 Å². The number of hydrogen-bond donors (Lipinski definition) is 1. The SMILES string of the molecule is C=CN(c1ncnc(N=CN(C)C)c1C/C=C/C(C)=O)[C@H]1CC[C@@H](CO)O1. The Hall–Kier alpha value is -2.58. The van der Waals surface area contributed by atoms with Gasteiger partial charge in [0, 0.05) is 25.9 Å². The Morgan fingerprint density at radius 3 is 2.81 bits per heavy atom. The van der Waals surface area contributed by atoms with E-state index >= 15 is 0 Å². The number of allylic oxidation sites excluding steroid dienone is 2. The lowest BCUT2D eigenvalue weighted by molar-refractivity contribution is -0.112. The number of carbonyl (C=O) groups excluding carboxylic acids is 1. The quantitative estimate of drug-likeness (QED) is 0.401. The van der Waals surface area contributed by atoms with Crippen LogP contribution in [0.5, 0.6) is 0 Å². The summed E-state index contributed by atoms with van der Waals surface area (Å²) in [5.74, 6) is 1.12. The van der Waals surface area contributed by atoms with Gasteiger partial charge < -0.3 is 19.6 Å². The zero-order valence-electron chi connectivity index (χ0n) is 16.1. The molecule has 0 amide bonds. The van der Waals surface area contributed by atoms with Crippen molar-refractivity contribution in [3.63, 3.8) is 0 Å². The molecule has 0 radical (unpaired) electrons. The molecule has 1 fully saturated rings. The number of aliphatic imine (C=N–C) groups is 1. The molecule has 1 aliphatic heterocycles. The van der Waals surface area contributed by atoms with Crippen molar-refractivity contribution in [3.8, 4) is 0 Å². The zero-order chi connectivity index (χ0) is 19.8. The number of anilines is 1. The van der Waals surface area contributed by atoms with Gasteiger partial charge in [-0.1, -0.05) is 12.7 Å². The van der Waals surface area contributed by atoms with Crippen molar-refractivity contribution in [2.45, 2.75) is 38.5 Å². The van der Waals surface area contributed by atoms with E-state index in [4.69, 9.17) is 4.74 Å². The first-order valence-corrected chi connectivity index (χ1v) is 8.85. The fourth-order valence-corrected chi connectivity index (χ4v) is 2.79. The summed E-state index contributed by atoms with van der Waals surface area (Å²) in [6, 6.07) is 0. The maximum absolute atomic E-state index is 11.3. The van der Waals surface area contributed by atoms with Gasteiger partial charge in [-0.2, -0.15) is 0 Å². The zero-order valence-corrected chi connectivity index (χ0v) is 16.1. The van der Waals surface area contributed by atoms with E-state index in [2.05, 4.69) is 21.5 Å². The largest absolute Gasteiger partial charge is 0.394 e. The van der Waals surface area contributed by atoms with Crippen LogP contribution in [0.4, 0.5) is 11.6 Å². The van der Waals surface area contributed by atoms with Gasteiger partial charge in [0.1, 0.15) is 18.4 Å². The molecule has 1 N–H and O–H groups in total. The number of ketones is 1. The highest BCUT2D eigenvalue weighted by atomic mass is 16.5. The average Bonchev–Trinajstić information content (AvgIpc) is 3.10. The smallest absolute Gasteiger partial charge is 0.162 e. The van der Waals surface area contributed by atoms with Gasteiger partial charge in [0.15, 0.2) is 11.6 Å². The molecule has 2 rings (SSSR count). The molecule has 8 heteroatoms. The second-order valence-corrected chi connectivity index (χ2v) is 6.49. The van der Waals surface area contributed by atoms with E-state index < -0.39 is 0 Å². The first-order valence-electron chi connectivity index (χ1n) is 8.85. The van der Waals surface area contributed by atoms with E-state index in [9.17, 15) is 9.90 Å². The molecule has 27 heavy (non-hydrogen) atoms. The number of aromatic nitrogens is 2. The first-order chi connectivity index (χ1) is 13.0. The third kappa shape index (κ3) is 5.70. The normalized spacial score (nSPS) is 19.7. The average molecular weight is 373 g/mol. The number of aliphatic hydroxyl groups excluding tert-OH is 1. The maximum atomic E-state index is 11.3. The molecule has 2 heterocycles. The molecule has 8 nitrogen and oxygen atoms in total. The van der Waals surface area contributed by atoms with E-state index in [1.807, 2.05) is 23.9 Å². The molecule has 1 aliphatic rings. The molecule has 2 atom stereocenters. The molecular weight excluding hydrogens is 346 g/mol. The molecule has 1 aromatic rings.